The van der Waals surface area contributed by atoms with Crippen LogP contribution in [0.5, 0.6) is 0 Å². The van der Waals surface area contributed by atoms with E-state index >= 15 is 0 Å². The first kappa shape index (κ1) is 9.06. The van der Waals surface area contributed by atoms with Gasteiger partial charge >= 0.3 is 0 Å². The first-order valence-electron chi connectivity index (χ1n) is 5.35. The van der Waals surface area contributed by atoms with Gasteiger partial charge in [-0.2, -0.15) is 0 Å². The fourth-order valence-electron chi connectivity index (χ4n) is 2.15. The molecule has 0 aromatic carbocycles. The number of nitrogens with zero attached hydrogens (tertiary/aromatic N) is 3. The van der Waals surface area contributed by atoms with Gasteiger partial charge in [0, 0.05) is 26.2 Å². The van der Waals surface area contributed by atoms with Gasteiger partial charge in [-0.25, -0.2) is 0 Å². The molecule has 0 bridgehead atoms. The molecule has 1 saturated heterocycles. The van der Waals surface area contributed by atoms with Crippen molar-refractivity contribution in [2.45, 2.75) is 25.9 Å². The van der Waals surface area contributed by atoms with Gasteiger partial charge in [0.25, 0.3) is 0 Å². The number of rotatable bonds is 1. The van der Waals surface area contributed by atoms with E-state index < -0.39 is 8.96 Å². The molecule has 0 aliphatic carbocycles. The van der Waals surface area contributed by atoms with Crippen LogP contribution in [0.25, 0.3) is 0 Å². The zero-order valence-corrected chi connectivity index (χ0v) is 9.82. The van der Waals surface area contributed by atoms with E-state index in [0.29, 0.717) is 0 Å². The second-order valence-electron chi connectivity index (χ2n) is 4.16. The molecule has 2 heterocycles. The smallest absolute Gasteiger partial charge is 0.188 e. The monoisotopic (exact) mass is 197 g/mol. The fraction of sp³-hybridized carbons (Fsp3) is 0.889. The Morgan fingerprint density at radius 1 is 1.15 bits per heavy atom. The summed E-state index contributed by atoms with van der Waals surface area (Å²) in [7, 11) is -0.685. The standard InChI is InChI=1S/C9H19N3Si/c1-13(2)12-8-4-7-11-6-3-5-10-9(11)12/h13H,3-8H2,1-2H3. The molecule has 13 heavy (non-hydrogen) atoms. The van der Waals surface area contributed by atoms with Gasteiger partial charge in [-0.1, -0.05) is 13.1 Å². The summed E-state index contributed by atoms with van der Waals surface area (Å²) in [6.45, 7) is 9.54. The summed E-state index contributed by atoms with van der Waals surface area (Å²) in [6.07, 6.45) is 2.57. The minimum atomic E-state index is -0.685. The molecule has 0 saturated carbocycles. The van der Waals surface area contributed by atoms with Crippen molar-refractivity contribution < 1.29 is 0 Å². The van der Waals surface area contributed by atoms with Gasteiger partial charge < -0.3 is 9.47 Å². The Bertz CT molecular complexity index is 215. The summed E-state index contributed by atoms with van der Waals surface area (Å²) in [4.78, 5) is 7.13. The van der Waals surface area contributed by atoms with Gasteiger partial charge in [0.05, 0.1) is 0 Å². The van der Waals surface area contributed by atoms with Crippen LogP contribution in [-0.2, 0) is 0 Å². The first-order valence-corrected chi connectivity index (χ1v) is 8.17. The molecule has 0 aromatic rings. The number of fused-ring (bicyclic) bond motifs is 1. The molecule has 2 rings (SSSR count). The quantitative estimate of drug-likeness (QED) is 0.577. The lowest BCUT2D eigenvalue weighted by molar-refractivity contribution is 0.300. The van der Waals surface area contributed by atoms with Gasteiger partial charge in [0.15, 0.2) is 5.96 Å². The highest BCUT2D eigenvalue weighted by atomic mass is 28.3. The predicted molar refractivity (Wildman–Crippen MR) is 58.7 cm³/mol. The van der Waals surface area contributed by atoms with Crippen LogP contribution in [0.15, 0.2) is 4.99 Å². The van der Waals surface area contributed by atoms with Gasteiger partial charge in [-0.3, -0.25) is 4.99 Å². The summed E-state index contributed by atoms with van der Waals surface area (Å²) >= 11 is 0. The fourth-order valence-corrected chi connectivity index (χ4v) is 3.55. The molecule has 0 radical (unpaired) electrons. The number of hydrogen-bond acceptors (Lipinski definition) is 3. The molecule has 0 aromatic heterocycles. The van der Waals surface area contributed by atoms with Gasteiger partial charge in [-0.15, -0.1) is 0 Å². The Balaban J connectivity index is 2.15. The molecule has 0 unspecified atom stereocenters. The third-order valence-corrected chi connectivity index (χ3v) is 4.57. The number of aliphatic imine (C=N–C) groups is 1. The first-order chi connectivity index (χ1) is 6.29. The maximum absolute atomic E-state index is 4.66. The van der Waals surface area contributed by atoms with Crippen molar-refractivity contribution in [1.29, 1.82) is 0 Å². The molecule has 74 valence electrons. The minimum absolute atomic E-state index is 0.685. The largest absolute Gasteiger partial charge is 0.373 e. The second-order valence-corrected chi connectivity index (χ2v) is 6.97. The average molecular weight is 197 g/mol. The third-order valence-electron chi connectivity index (χ3n) is 2.83. The molecule has 0 spiro atoms. The lowest BCUT2D eigenvalue weighted by Gasteiger charge is -2.43. The highest BCUT2D eigenvalue weighted by molar-refractivity contribution is 6.55. The van der Waals surface area contributed by atoms with Crippen LogP contribution < -0.4 is 0 Å². The van der Waals surface area contributed by atoms with Crippen molar-refractivity contribution in [3.8, 4) is 0 Å². The topological polar surface area (TPSA) is 18.8 Å². The number of hydrogen-bond donors (Lipinski definition) is 0. The van der Waals surface area contributed by atoms with Gasteiger partial charge in [0.2, 0.25) is 0 Å². The molecule has 2 aliphatic heterocycles. The summed E-state index contributed by atoms with van der Waals surface area (Å²) in [5.41, 5.74) is 0. The van der Waals surface area contributed by atoms with Crippen LogP contribution in [0.2, 0.25) is 13.1 Å². The van der Waals surface area contributed by atoms with Crippen LogP contribution in [0.4, 0.5) is 0 Å². The van der Waals surface area contributed by atoms with E-state index in [2.05, 4.69) is 27.6 Å². The van der Waals surface area contributed by atoms with Crippen molar-refractivity contribution in [3.63, 3.8) is 0 Å². The zero-order chi connectivity index (χ0) is 9.26. The molecule has 3 nitrogen and oxygen atoms in total. The van der Waals surface area contributed by atoms with Crippen molar-refractivity contribution in [2.75, 3.05) is 26.2 Å². The Labute approximate surface area is 82.1 Å². The highest BCUT2D eigenvalue weighted by Gasteiger charge is 2.26. The van der Waals surface area contributed by atoms with E-state index in [0.717, 1.165) is 6.54 Å². The maximum atomic E-state index is 4.66. The Morgan fingerprint density at radius 2 is 1.92 bits per heavy atom. The molecule has 0 N–H and O–H groups in total. The Hall–Kier alpha value is -0.513. The summed E-state index contributed by atoms with van der Waals surface area (Å²) < 4.78 is 2.57. The van der Waals surface area contributed by atoms with E-state index in [1.54, 1.807) is 0 Å². The van der Waals surface area contributed by atoms with Crippen LogP contribution >= 0.6 is 0 Å². The molecular weight excluding hydrogens is 178 g/mol. The van der Waals surface area contributed by atoms with Crippen LogP contribution in [0.1, 0.15) is 12.8 Å². The van der Waals surface area contributed by atoms with Crippen molar-refractivity contribution in [1.82, 2.24) is 9.47 Å². The highest BCUT2D eigenvalue weighted by Crippen LogP contribution is 2.14. The van der Waals surface area contributed by atoms with Gasteiger partial charge in [0.1, 0.15) is 8.96 Å². The summed E-state index contributed by atoms with van der Waals surface area (Å²) in [6, 6.07) is 0. The lowest BCUT2D eigenvalue weighted by atomic mass is 10.2. The molecular formula is C9H19N3Si. The van der Waals surface area contributed by atoms with E-state index in [-0.39, 0.29) is 0 Å². The summed E-state index contributed by atoms with van der Waals surface area (Å²) in [5, 5.41) is 0. The molecule has 4 heteroatoms. The minimum Gasteiger partial charge on any atom is -0.373 e. The maximum Gasteiger partial charge on any atom is 0.188 e. The second kappa shape index (κ2) is 3.70. The van der Waals surface area contributed by atoms with E-state index in [4.69, 9.17) is 0 Å². The Kier molecular flexibility index (Phi) is 2.58. The lowest BCUT2D eigenvalue weighted by Crippen LogP contribution is -2.55. The third kappa shape index (κ3) is 1.72. The molecule has 0 atom stereocenters. The summed E-state index contributed by atoms with van der Waals surface area (Å²) in [5.74, 6) is 1.32. The van der Waals surface area contributed by atoms with Crippen LogP contribution in [-0.4, -0.2) is 50.6 Å². The molecule has 2 aliphatic rings. The van der Waals surface area contributed by atoms with Crippen molar-refractivity contribution >= 4 is 14.9 Å². The van der Waals surface area contributed by atoms with Crippen LogP contribution in [0.3, 0.4) is 0 Å². The Morgan fingerprint density at radius 3 is 2.69 bits per heavy atom. The van der Waals surface area contributed by atoms with Crippen LogP contribution in [0, 0.1) is 0 Å². The predicted octanol–water partition coefficient (Wildman–Crippen LogP) is 0.737. The molecule has 1 fully saturated rings. The van der Waals surface area contributed by atoms with Gasteiger partial charge in [-0.05, 0) is 12.8 Å². The van der Waals surface area contributed by atoms with E-state index in [1.165, 1.54) is 38.4 Å². The van der Waals surface area contributed by atoms with E-state index in [9.17, 15) is 0 Å². The average Bonchev–Trinajstić information content (AvgIpc) is 2.17. The zero-order valence-electron chi connectivity index (χ0n) is 8.66. The normalized spacial score (nSPS) is 23.2. The van der Waals surface area contributed by atoms with Crippen molar-refractivity contribution in [3.05, 3.63) is 0 Å². The molecule has 0 amide bonds. The SMILES string of the molecule is C[SiH](C)N1CCCN2CCCN=C21. The van der Waals surface area contributed by atoms with E-state index in [1.807, 2.05) is 0 Å². The number of guanidine groups is 1. The van der Waals surface area contributed by atoms with Crippen molar-refractivity contribution in [2.24, 2.45) is 4.99 Å².